The van der Waals surface area contributed by atoms with Gasteiger partial charge in [-0.25, -0.2) is 0 Å². The van der Waals surface area contributed by atoms with E-state index in [0.717, 1.165) is 4.47 Å². The van der Waals surface area contributed by atoms with Gasteiger partial charge in [-0.15, -0.1) is 0 Å². The van der Waals surface area contributed by atoms with Crippen LogP contribution in [-0.2, 0) is 15.3 Å². The van der Waals surface area contributed by atoms with Crippen molar-refractivity contribution in [3.05, 3.63) is 28.2 Å². The zero-order valence-electron chi connectivity index (χ0n) is 13.6. The molecule has 3 aliphatic heterocycles. The molecule has 0 aromatic heterocycles. The molecule has 2 saturated heterocycles. The molecule has 0 radical (unpaired) electrons. The number of aliphatic hydroxyl groups is 1. The predicted octanol–water partition coefficient (Wildman–Crippen LogP) is 1.05. The van der Waals surface area contributed by atoms with E-state index in [1.165, 1.54) is 0 Å². The maximum Gasteiger partial charge on any atom is 0.276 e. The van der Waals surface area contributed by atoms with E-state index in [9.17, 15) is 14.7 Å². The highest BCUT2D eigenvalue weighted by molar-refractivity contribution is 9.10. The number of nitrogens with zero attached hydrogens (tertiary/aromatic N) is 1. The zero-order chi connectivity index (χ0) is 17.3. The van der Waals surface area contributed by atoms with Gasteiger partial charge in [0.15, 0.2) is 0 Å². The molecule has 0 aliphatic carbocycles. The first-order valence-electron chi connectivity index (χ1n) is 8.04. The second-order valence-corrected chi connectivity index (χ2v) is 8.64. The van der Waals surface area contributed by atoms with Gasteiger partial charge in [-0.1, -0.05) is 29.8 Å². The minimum atomic E-state index is -1.75. The van der Waals surface area contributed by atoms with Gasteiger partial charge in [-0.05, 0) is 18.2 Å². The van der Waals surface area contributed by atoms with Crippen LogP contribution in [0.5, 0.6) is 0 Å². The number of hydrogen-bond donors (Lipinski definition) is 3. The molecule has 3 atom stereocenters. The van der Waals surface area contributed by atoms with Crippen LogP contribution in [0, 0.1) is 10.8 Å². The van der Waals surface area contributed by atoms with Crippen molar-refractivity contribution >= 4 is 33.3 Å². The van der Waals surface area contributed by atoms with Crippen molar-refractivity contribution in [3.8, 4) is 0 Å². The van der Waals surface area contributed by atoms with Crippen molar-refractivity contribution < 1.29 is 14.7 Å². The molecule has 3 aliphatic rings. The topological polar surface area (TPSA) is 81.7 Å². The van der Waals surface area contributed by atoms with E-state index >= 15 is 0 Å². The number of halogens is 1. The van der Waals surface area contributed by atoms with Gasteiger partial charge in [0.2, 0.25) is 5.72 Å². The average Bonchev–Trinajstić information content (AvgIpc) is 2.75. The lowest BCUT2D eigenvalue weighted by Gasteiger charge is -2.54. The van der Waals surface area contributed by atoms with Crippen molar-refractivity contribution in [2.24, 2.45) is 10.8 Å². The van der Waals surface area contributed by atoms with Crippen molar-refractivity contribution in [2.45, 2.75) is 19.6 Å². The van der Waals surface area contributed by atoms with Gasteiger partial charge < -0.3 is 15.7 Å². The highest BCUT2D eigenvalue weighted by atomic mass is 79.9. The Morgan fingerprint density at radius 3 is 2.42 bits per heavy atom. The number of carbonyl (C=O) groups is 2. The fraction of sp³-hybridized carbons (Fsp3) is 0.529. The summed E-state index contributed by atoms with van der Waals surface area (Å²) in [5.74, 6) is -0.246. The number of nitrogens with one attached hydrogen (secondary N) is 2. The molecule has 128 valence electrons. The maximum absolute atomic E-state index is 12.8. The fourth-order valence-electron chi connectivity index (χ4n) is 4.45. The highest BCUT2D eigenvalue weighted by Crippen LogP contribution is 2.47. The smallest absolute Gasteiger partial charge is 0.276 e. The molecular weight excluding hydrogens is 374 g/mol. The van der Waals surface area contributed by atoms with Crippen molar-refractivity contribution in [3.63, 3.8) is 0 Å². The highest BCUT2D eigenvalue weighted by Gasteiger charge is 2.60. The molecule has 0 unspecified atom stereocenters. The Balaban J connectivity index is 1.81. The van der Waals surface area contributed by atoms with Crippen molar-refractivity contribution in [1.82, 2.24) is 10.2 Å². The van der Waals surface area contributed by atoms with Crippen LogP contribution in [0.4, 0.5) is 5.69 Å². The number of likely N-dealkylation sites (tertiary alicyclic amines) is 1. The van der Waals surface area contributed by atoms with Crippen LogP contribution >= 0.6 is 15.9 Å². The molecule has 1 amide bonds. The Labute approximate surface area is 148 Å². The number of benzene rings is 1. The molecule has 1 aromatic rings. The maximum atomic E-state index is 12.8. The van der Waals surface area contributed by atoms with Gasteiger partial charge in [0.05, 0.1) is 10.8 Å². The van der Waals surface area contributed by atoms with E-state index in [2.05, 4.69) is 26.6 Å². The van der Waals surface area contributed by atoms with Gasteiger partial charge in [-0.2, -0.15) is 0 Å². The van der Waals surface area contributed by atoms with Crippen LogP contribution in [0.2, 0.25) is 0 Å². The van der Waals surface area contributed by atoms with E-state index in [-0.39, 0.29) is 5.78 Å². The molecule has 24 heavy (non-hydrogen) atoms. The van der Waals surface area contributed by atoms with Gasteiger partial charge >= 0.3 is 0 Å². The normalized spacial score (nSPS) is 38.8. The molecule has 2 fully saturated rings. The van der Waals surface area contributed by atoms with Crippen molar-refractivity contribution in [1.29, 1.82) is 0 Å². The largest absolute Gasteiger partial charge is 0.364 e. The van der Waals surface area contributed by atoms with Crippen LogP contribution in [0.25, 0.3) is 0 Å². The van der Waals surface area contributed by atoms with E-state index in [0.29, 0.717) is 37.4 Å². The molecule has 3 heterocycles. The Bertz CT molecular complexity index is 747. The number of hydrogen-bond acceptors (Lipinski definition) is 5. The van der Waals surface area contributed by atoms with Gasteiger partial charge in [0.1, 0.15) is 5.78 Å². The van der Waals surface area contributed by atoms with E-state index < -0.39 is 22.5 Å². The van der Waals surface area contributed by atoms with Crippen LogP contribution in [0.1, 0.15) is 19.4 Å². The standard InChI is InChI=1S/C17H20BrN3O3/c1-15-6-19-7-16(2,13(15)22)9-21(8-15)17(24)11-5-10(18)3-4-12(11)20-14(17)23/h3-5,19,24H,6-9H2,1-2H3,(H,20,23)/t15-,16-,17+/m1/s1. The predicted molar refractivity (Wildman–Crippen MR) is 92.3 cm³/mol. The zero-order valence-corrected chi connectivity index (χ0v) is 15.2. The third kappa shape index (κ3) is 1.98. The summed E-state index contributed by atoms with van der Waals surface area (Å²) in [4.78, 5) is 27.3. The molecule has 7 heteroatoms. The second kappa shape index (κ2) is 4.88. The number of anilines is 1. The number of fused-ring (bicyclic) bond motifs is 3. The first-order valence-corrected chi connectivity index (χ1v) is 8.83. The van der Waals surface area contributed by atoms with Crippen molar-refractivity contribution in [2.75, 3.05) is 31.5 Å². The van der Waals surface area contributed by atoms with Gasteiger partial charge in [0.25, 0.3) is 5.91 Å². The molecule has 3 N–H and O–H groups in total. The molecule has 2 bridgehead atoms. The summed E-state index contributed by atoms with van der Waals surface area (Å²) < 4.78 is 0.795. The van der Waals surface area contributed by atoms with Gasteiger partial charge in [-0.3, -0.25) is 14.5 Å². The minimum absolute atomic E-state index is 0.210. The Morgan fingerprint density at radius 2 is 1.79 bits per heavy atom. The molecule has 0 spiro atoms. The lowest BCUT2D eigenvalue weighted by molar-refractivity contribution is -0.185. The Hall–Kier alpha value is -1.28. The quantitative estimate of drug-likeness (QED) is 0.664. The summed E-state index contributed by atoms with van der Waals surface area (Å²) in [5.41, 5.74) is -1.83. The summed E-state index contributed by atoms with van der Waals surface area (Å²) in [6.45, 7) is 5.60. The third-order valence-electron chi connectivity index (χ3n) is 5.59. The first kappa shape index (κ1) is 16.2. The molecule has 0 saturated carbocycles. The van der Waals surface area contributed by atoms with Crippen LogP contribution in [-0.4, -0.2) is 47.9 Å². The molecule has 1 aromatic carbocycles. The number of carbonyl (C=O) groups excluding carboxylic acids is 2. The average molecular weight is 394 g/mol. The monoisotopic (exact) mass is 393 g/mol. The minimum Gasteiger partial charge on any atom is -0.364 e. The summed E-state index contributed by atoms with van der Waals surface area (Å²) in [6.07, 6.45) is 0. The summed E-state index contributed by atoms with van der Waals surface area (Å²) in [5, 5.41) is 17.5. The Morgan fingerprint density at radius 1 is 1.17 bits per heavy atom. The van der Waals surface area contributed by atoms with Crippen LogP contribution in [0.15, 0.2) is 22.7 Å². The lowest BCUT2D eigenvalue weighted by atomic mass is 9.64. The SMILES string of the molecule is C[C@@]12CNC[C@](C)(CN([C@@]3(O)C(=O)Nc4ccc(Br)cc43)C1)C2=O. The van der Waals surface area contributed by atoms with E-state index in [1.54, 1.807) is 17.0 Å². The van der Waals surface area contributed by atoms with Crippen LogP contribution < -0.4 is 10.6 Å². The van der Waals surface area contributed by atoms with E-state index in [4.69, 9.17) is 0 Å². The third-order valence-corrected chi connectivity index (χ3v) is 6.08. The van der Waals surface area contributed by atoms with E-state index in [1.807, 2.05) is 19.9 Å². The summed E-state index contributed by atoms with van der Waals surface area (Å²) in [6, 6.07) is 5.37. The fourth-order valence-corrected chi connectivity index (χ4v) is 4.81. The number of rotatable bonds is 1. The summed E-state index contributed by atoms with van der Waals surface area (Å²) >= 11 is 3.41. The molecule has 4 rings (SSSR count). The number of piperidine rings is 2. The lowest BCUT2D eigenvalue weighted by Crippen LogP contribution is -2.71. The first-order chi connectivity index (χ1) is 11.2. The van der Waals surface area contributed by atoms with Gasteiger partial charge in [0, 0.05) is 41.9 Å². The Kier molecular flexibility index (Phi) is 3.29. The number of ketones is 1. The molecular formula is C17H20BrN3O3. The van der Waals surface area contributed by atoms with Crippen LogP contribution in [0.3, 0.4) is 0 Å². The summed E-state index contributed by atoms with van der Waals surface area (Å²) in [7, 11) is 0. The number of Topliss-reactive ketones (excluding diaryl/α,β-unsaturated/α-hetero) is 1. The molecule has 6 nitrogen and oxygen atoms in total. The number of amides is 1. The second-order valence-electron chi connectivity index (χ2n) is 7.73.